The van der Waals surface area contributed by atoms with Crippen LogP contribution in [0.25, 0.3) is 5.57 Å². The zero-order chi connectivity index (χ0) is 11.7. The van der Waals surface area contributed by atoms with Crippen molar-refractivity contribution in [2.75, 3.05) is 0 Å². The van der Waals surface area contributed by atoms with Gasteiger partial charge in [-0.15, -0.1) is 0 Å². The zero-order valence-electron chi connectivity index (χ0n) is 9.89. The zero-order valence-corrected chi connectivity index (χ0v) is 9.89. The van der Waals surface area contributed by atoms with E-state index in [1.165, 1.54) is 0 Å². The van der Waals surface area contributed by atoms with Gasteiger partial charge >= 0.3 is 0 Å². The van der Waals surface area contributed by atoms with E-state index in [1.807, 2.05) is 26.0 Å². The summed E-state index contributed by atoms with van der Waals surface area (Å²) in [7, 11) is 0. The van der Waals surface area contributed by atoms with Crippen molar-refractivity contribution < 1.29 is 4.39 Å². The Balaban J connectivity index is 2.47. The van der Waals surface area contributed by atoms with Gasteiger partial charge in [-0.25, -0.2) is 4.39 Å². The van der Waals surface area contributed by atoms with Gasteiger partial charge in [0, 0.05) is 11.6 Å². The monoisotopic (exact) mass is 219 g/mol. The van der Waals surface area contributed by atoms with Crippen LogP contribution in [0.5, 0.6) is 0 Å². The van der Waals surface area contributed by atoms with Crippen molar-refractivity contribution >= 4 is 5.57 Å². The van der Waals surface area contributed by atoms with E-state index in [1.54, 1.807) is 6.07 Å². The third-order valence-corrected chi connectivity index (χ3v) is 3.15. The summed E-state index contributed by atoms with van der Waals surface area (Å²) < 4.78 is 13.9. The Hall–Kier alpha value is -1.15. The average Bonchev–Trinajstić information content (AvgIpc) is 2.15. The van der Waals surface area contributed by atoms with Crippen LogP contribution in [0.2, 0.25) is 0 Å². The lowest BCUT2D eigenvalue weighted by molar-refractivity contribution is 0.613. The highest BCUT2D eigenvalue weighted by Gasteiger charge is 2.16. The van der Waals surface area contributed by atoms with Gasteiger partial charge in [0.25, 0.3) is 0 Å². The maximum atomic E-state index is 13.9. The van der Waals surface area contributed by atoms with Crippen molar-refractivity contribution in [1.82, 2.24) is 0 Å². The van der Waals surface area contributed by atoms with Gasteiger partial charge in [0.15, 0.2) is 0 Å². The van der Waals surface area contributed by atoms with Gasteiger partial charge in [-0.05, 0) is 55.9 Å². The van der Waals surface area contributed by atoms with Gasteiger partial charge in [0.1, 0.15) is 5.82 Å². The van der Waals surface area contributed by atoms with Gasteiger partial charge in [0.05, 0.1) is 0 Å². The van der Waals surface area contributed by atoms with Crippen LogP contribution in [0.1, 0.15) is 36.0 Å². The largest absolute Gasteiger partial charge is 0.324 e. The number of halogens is 1. The summed E-state index contributed by atoms with van der Waals surface area (Å²) in [6, 6.07) is 3.71. The third-order valence-electron chi connectivity index (χ3n) is 3.15. The van der Waals surface area contributed by atoms with E-state index < -0.39 is 0 Å². The molecule has 2 N–H and O–H groups in total. The smallest absolute Gasteiger partial charge is 0.131 e. The Morgan fingerprint density at radius 3 is 2.69 bits per heavy atom. The first-order chi connectivity index (χ1) is 7.58. The van der Waals surface area contributed by atoms with Crippen molar-refractivity contribution in [2.24, 2.45) is 5.73 Å². The number of hydrogen-bond acceptors (Lipinski definition) is 1. The van der Waals surface area contributed by atoms with E-state index in [2.05, 4.69) is 0 Å². The molecule has 0 radical (unpaired) electrons. The summed E-state index contributed by atoms with van der Waals surface area (Å²) in [6.45, 7) is 3.88. The van der Waals surface area contributed by atoms with E-state index >= 15 is 0 Å². The molecule has 1 nitrogen and oxygen atoms in total. The van der Waals surface area contributed by atoms with E-state index in [0.717, 1.165) is 41.5 Å². The Morgan fingerprint density at radius 1 is 1.31 bits per heavy atom. The Morgan fingerprint density at radius 2 is 2.06 bits per heavy atom. The lowest BCUT2D eigenvalue weighted by Crippen LogP contribution is -2.20. The molecule has 0 aliphatic heterocycles. The quantitative estimate of drug-likeness (QED) is 0.770. The molecular weight excluding hydrogens is 201 g/mol. The average molecular weight is 219 g/mol. The summed E-state index contributed by atoms with van der Waals surface area (Å²) >= 11 is 0. The molecule has 1 aliphatic carbocycles. The molecule has 1 atom stereocenters. The first kappa shape index (κ1) is 11.3. The SMILES string of the molecule is Cc1cc(C)c(C2=CC(N)CCC2)c(F)c1. The molecule has 2 rings (SSSR count). The molecule has 1 unspecified atom stereocenters. The molecule has 0 amide bonds. The predicted octanol–water partition coefficient (Wildman–Crippen LogP) is 3.34. The fourth-order valence-corrected chi connectivity index (χ4v) is 2.48. The van der Waals surface area contributed by atoms with Crippen LogP contribution >= 0.6 is 0 Å². The van der Waals surface area contributed by atoms with E-state index in [0.29, 0.717) is 0 Å². The molecule has 0 bridgehead atoms. The first-order valence-corrected chi connectivity index (χ1v) is 5.81. The molecule has 0 saturated carbocycles. The van der Waals surface area contributed by atoms with E-state index in [4.69, 9.17) is 5.73 Å². The molecule has 1 aromatic carbocycles. The van der Waals surface area contributed by atoms with Crippen LogP contribution in [-0.2, 0) is 0 Å². The highest BCUT2D eigenvalue weighted by Crippen LogP contribution is 2.31. The molecule has 0 heterocycles. The molecule has 86 valence electrons. The van der Waals surface area contributed by atoms with Gasteiger partial charge in [0.2, 0.25) is 0 Å². The van der Waals surface area contributed by atoms with Gasteiger partial charge < -0.3 is 5.73 Å². The Bertz CT molecular complexity index is 411. The third kappa shape index (κ3) is 2.17. The predicted molar refractivity (Wildman–Crippen MR) is 65.7 cm³/mol. The molecular formula is C14H18FN. The van der Waals surface area contributed by atoms with Crippen molar-refractivity contribution in [3.8, 4) is 0 Å². The molecule has 16 heavy (non-hydrogen) atoms. The highest BCUT2D eigenvalue weighted by atomic mass is 19.1. The Labute approximate surface area is 96.2 Å². The van der Waals surface area contributed by atoms with E-state index in [9.17, 15) is 4.39 Å². The lowest BCUT2D eigenvalue weighted by Gasteiger charge is -2.20. The van der Waals surface area contributed by atoms with Crippen LogP contribution in [0.3, 0.4) is 0 Å². The van der Waals surface area contributed by atoms with Crippen LogP contribution in [0, 0.1) is 19.7 Å². The van der Waals surface area contributed by atoms with Crippen molar-refractivity contribution in [3.05, 3.63) is 40.7 Å². The molecule has 0 spiro atoms. The normalized spacial score (nSPS) is 20.8. The lowest BCUT2D eigenvalue weighted by atomic mass is 9.88. The van der Waals surface area contributed by atoms with Crippen LogP contribution in [0.4, 0.5) is 4.39 Å². The van der Waals surface area contributed by atoms with Crippen molar-refractivity contribution in [2.45, 2.75) is 39.2 Å². The Kier molecular flexibility index (Phi) is 3.10. The minimum atomic E-state index is -0.113. The summed E-state index contributed by atoms with van der Waals surface area (Å²) in [6.07, 6.45) is 5.02. The van der Waals surface area contributed by atoms with Crippen molar-refractivity contribution in [3.63, 3.8) is 0 Å². The number of allylic oxidation sites excluding steroid dienone is 1. The second kappa shape index (κ2) is 4.38. The maximum Gasteiger partial charge on any atom is 0.131 e. The highest BCUT2D eigenvalue weighted by molar-refractivity contribution is 5.70. The first-order valence-electron chi connectivity index (χ1n) is 5.81. The fourth-order valence-electron chi connectivity index (χ4n) is 2.48. The fraction of sp³-hybridized carbons (Fsp3) is 0.429. The number of benzene rings is 1. The van der Waals surface area contributed by atoms with Crippen LogP contribution < -0.4 is 5.73 Å². The van der Waals surface area contributed by atoms with Crippen LogP contribution in [0.15, 0.2) is 18.2 Å². The summed E-state index contributed by atoms with van der Waals surface area (Å²) in [4.78, 5) is 0. The minimum Gasteiger partial charge on any atom is -0.324 e. The molecule has 0 aromatic heterocycles. The summed E-state index contributed by atoms with van der Waals surface area (Å²) in [5.41, 5.74) is 9.72. The molecule has 0 fully saturated rings. The number of hydrogen-bond donors (Lipinski definition) is 1. The number of aryl methyl sites for hydroxylation is 2. The molecule has 0 saturated heterocycles. The minimum absolute atomic E-state index is 0.0869. The summed E-state index contributed by atoms with van der Waals surface area (Å²) in [5.74, 6) is -0.113. The maximum absolute atomic E-state index is 13.9. The number of rotatable bonds is 1. The van der Waals surface area contributed by atoms with E-state index in [-0.39, 0.29) is 11.9 Å². The molecule has 1 aromatic rings. The topological polar surface area (TPSA) is 26.0 Å². The molecule has 1 aliphatic rings. The van der Waals surface area contributed by atoms with Crippen LogP contribution in [-0.4, -0.2) is 6.04 Å². The van der Waals surface area contributed by atoms with Crippen molar-refractivity contribution in [1.29, 1.82) is 0 Å². The van der Waals surface area contributed by atoms with Gasteiger partial charge in [-0.3, -0.25) is 0 Å². The standard InChI is InChI=1S/C14H18FN/c1-9-6-10(2)14(13(15)7-9)11-4-3-5-12(16)8-11/h6-8,12H,3-5,16H2,1-2H3. The van der Waals surface area contributed by atoms with Gasteiger partial charge in [-0.1, -0.05) is 12.1 Å². The number of nitrogens with two attached hydrogens (primary N) is 1. The molecule has 2 heteroatoms. The summed E-state index contributed by atoms with van der Waals surface area (Å²) in [5, 5.41) is 0. The second-order valence-corrected chi connectivity index (χ2v) is 4.69. The van der Waals surface area contributed by atoms with Gasteiger partial charge in [-0.2, -0.15) is 0 Å². The second-order valence-electron chi connectivity index (χ2n) is 4.69.